The van der Waals surface area contributed by atoms with Crippen molar-refractivity contribution in [1.29, 1.82) is 0 Å². The third-order valence-corrected chi connectivity index (χ3v) is 9.38. The Bertz CT molecular complexity index is 1570. The van der Waals surface area contributed by atoms with Crippen LogP contribution in [0.15, 0.2) is 51.2 Å². The third-order valence-electron chi connectivity index (χ3n) is 6.26. The summed E-state index contributed by atoms with van der Waals surface area (Å²) < 4.78 is 7.02. The summed E-state index contributed by atoms with van der Waals surface area (Å²) in [6.45, 7) is 0. The number of carboxylic acid groups (broad SMARTS) is 1. The highest BCUT2D eigenvalue weighted by atomic mass is 32.2. The van der Waals surface area contributed by atoms with E-state index < -0.39 is 29.2 Å². The van der Waals surface area contributed by atoms with Crippen LogP contribution in [0.2, 0.25) is 0 Å². The molecule has 14 nitrogen and oxygen atoms in total. The molecule has 2 aliphatic rings. The monoisotopic (exact) mass is 616 g/mol. The molecule has 5 rings (SSSR count). The van der Waals surface area contributed by atoms with Crippen molar-refractivity contribution in [1.82, 2.24) is 30.0 Å². The number of amides is 2. The average molecular weight is 617 g/mol. The van der Waals surface area contributed by atoms with Crippen molar-refractivity contribution >= 4 is 63.5 Å². The number of hydrogen-bond donors (Lipinski definition) is 3. The van der Waals surface area contributed by atoms with E-state index in [9.17, 15) is 19.5 Å². The molecule has 2 amide bonds. The fraction of sp³-hybridized carbons (Fsp3) is 0.292. The van der Waals surface area contributed by atoms with Crippen LogP contribution < -0.4 is 15.8 Å². The number of aliphatic carboxylic acids is 1. The van der Waals surface area contributed by atoms with Gasteiger partial charge in [-0.15, -0.1) is 33.3 Å². The minimum Gasteiger partial charge on any atom is -0.497 e. The summed E-state index contributed by atoms with van der Waals surface area (Å²) in [6.07, 6.45) is 0. The van der Waals surface area contributed by atoms with Crippen LogP contribution in [0.5, 0.6) is 5.75 Å². The molecular formula is C24H24N8O6S3. The summed E-state index contributed by atoms with van der Waals surface area (Å²) in [7, 11) is 4.70. The van der Waals surface area contributed by atoms with Crippen LogP contribution in [0.4, 0.5) is 5.13 Å². The molecule has 41 heavy (non-hydrogen) atoms. The van der Waals surface area contributed by atoms with Crippen LogP contribution in [-0.2, 0) is 26.3 Å². The topological polar surface area (TPSA) is 187 Å². The number of aromatic nitrogens is 4. The fourth-order valence-corrected chi connectivity index (χ4v) is 7.22. The van der Waals surface area contributed by atoms with Crippen LogP contribution in [-0.4, -0.2) is 90.4 Å². The zero-order valence-corrected chi connectivity index (χ0v) is 24.4. The maximum absolute atomic E-state index is 13.1. The maximum Gasteiger partial charge on any atom is 0.352 e. The van der Waals surface area contributed by atoms with E-state index in [0.717, 1.165) is 22.6 Å². The van der Waals surface area contributed by atoms with Gasteiger partial charge in [0.05, 0.1) is 7.11 Å². The highest BCUT2D eigenvalue weighted by molar-refractivity contribution is 8.01. The number of hydrogen-bond acceptors (Lipinski definition) is 13. The molecule has 3 aromatic rings. The number of anilines is 1. The Kier molecular flexibility index (Phi) is 8.18. The van der Waals surface area contributed by atoms with E-state index in [2.05, 4.69) is 25.7 Å². The Morgan fingerprint density at radius 3 is 2.66 bits per heavy atom. The molecule has 4 N–H and O–H groups in total. The number of methoxy groups -OCH3 is 1. The highest BCUT2D eigenvalue weighted by Gasteiger charge is 2.54. The van der Waals surface area contributed by atoms with Gasteiger partial charge in [-0.1, -0.05) is 16.9 Å². The lowest BCUT2D eigenvalue weighted by atomic mass is 10.0. The summed E-state index contributed by atoms with van der Waals surface area (Å²) in [5.41, 5.74) is 7.05. The number of carboxylic acids is 1. The Balaban J connectivity index is 1.29. The quantitative estimate of drug-likeness (QED) is 0.129. The van der Waals surface area contributed by atoms with Crippen LogP contribution in [0.1, 0.15) is 5.69 Å². The van der Waals surface area contributed by atoms with Crippen molar-refractivity contribution in [3.8, 4) is 17.1 Å². The van der Waals surface area contributed by atoms with E-state index in [1.807, 2.05) is 35.9 Å². The van der Waals surface area contributed by atoms with Gasteiger partial charge >= 0.3 is 5.97 Å². The number of carbonyl (C=O) groups excluding carboxylic acids is 2. The predicted molar refractivity (Wildman–Crippen MR) is 153 cm³/mol. The molecule has 2 aliphatic heterocycles. The largest absolute Gasteiger partial charge is 0.497 e. The number of rotatable bonds is 10. The number of fused-ring (bicyclic) bond motifs is 1. The summed E-state index contributed by atoms with van der Waals surface area (Å²) in [6, 6.07) is 6.47. The molecule has 17 heteroatoms. The number of nitrogen functional groups attached to an aromatic ring is 1. The van der Waals surface area contributed by atoms with Gasteiger partial charge in [-0.25, -0.2) is 9.78 Å². The van der Waals surface area contributed by atoms with E-state index in [-0.39, 0.29) is 28.0 Å². The lowest BCUT2D eigenvalue weighted by Crippen LogP contribution is -2.71. The van der Waals surface area contributed by atoms with Gasteiger partial charge in [0, 0.05) is 29.5 Å². The standard InChI is InChI=1S/C24H24N8O6S3/c1-31-18(11-4-6-13(37-2)7-5-11)28-29-24(31)41-9-12-8-39-21-16(20(34)32(21)17(12)22(35)36)27-19(33)15(30-38-3)14-10-40-23(25)26-14/h4-7,10,16,21H,8-9H2,1-3H3,(H2,25,26)(H,27,33)(H,35,36)/b30-15+/t16-,21?/m1/s1. The van der Waals surface area contributed by atoms with E-state index in [1.165, 1.54) is 35.5 Å². The van der Waals surface area contributed by atoms with Crippen LogP contribution in [0, 0.1) is 0 Å². The van der Waals surface area contributed by atoms with E-state index in [0.29, 0.717) is 22.3 Å². The SMILES string of the molecule is CO/N=C(/C(=O)N[C@@H]1C(=O)N2C(C(=O)O)=C(CSc3nnc(-c4ccc(OC)cc4)n3C)CSC12)c1csc(N)n1. The third kappa shape index (κ3) is 5.47. The number of thiazole rings is 1. The fourth-order valence-electron chi connectivity index (χ4n) is 4.28. The summed E-state index contributed by atoms with van der Waals surface area (Å²) in [5, 5.41) is 26.7. The molecule has 1 aromatic carbocycles. The second kappa shape index (κ2) is 11.8. The predicted octanol–water partition coefficient (Wildman–Crippen LogP) is 1.41. The Hall–Kier alpha value is -4.09. The number of benzene rings is 1. The number of oxime groups is 1. The average Bonchev–Trinajstić information content (AvgIpc) is 3.57. The van der Waals surface area contributed by atoms with Gasteiger partial charge in [-0.2, -0.15) is 0 Å². The second-order valence-electron chi connectivity index (χ2n) is 8.69. The lowest BCUT2D eigenvalue weighted by Gasteiger charge is -2.49. The zero-order chi connectivity index (χ0) is 29.3. The number of β-lactam (4-membered cyclic amide) rings is 1. The van der Waals surface area contributed by atoms with Gasteiger partial charge in [-0.05, 0) is 29.8 Å². The second-order valence-corrected chi connectivity index (χ2v) is 11.6. The molecule has 0 radical (unpaired) electrons. The molecule has 2 aromatic heterocycles. The summed E-state index contributed by atoms with van der Waals surface area (Å²) in [4.78, 5) is 48.3. The van der Waals surface area contributed by atoms with Crippen molar-refractivity contribution < 1.29 is 29.1 Å². The smallest absolute Gasteiger partial charge is 0.352 e. The van der Waals surface area contributed by atoms with E-state index >= 15 is 0 Å². The van der Waals surface area contributed by atoms with Gasteiger partial charge in [0.2, 0.25) is 0 Å². The zero-order valence-electron chi connectivity index (χ0n) is 21.9. The number of carbonyl (C=O) groups is 3. The lowest BCUT2D eigenvalue weighted by molar-refractivity contribution is -0.150. The number of nitrogens with one attached hydrogen (secondary N) is 1. The maximum atomic E-state index is 13.1. The van der Waals surface area contributed by atoms with Crippen LogP contribution in [0.25, 0.3) is 11.4 Å². The van der Waals surface area contributed by atoms with E-state index in [1.54, 1.807) is 12.5 Å². The molecule has 1 fully saturated rings. The molecule has 1 saturated heterocycles. The molecule has 0 spiro atoms. The molecule has 0 bridgehead atoms. The minimum atomic E-state index is -1.22. The van der Waals surface area contributed by atoms with Gasteiger partial charge in [0.25, 0.3) is 11.8 Å². The molecule has 0 aliphatic carbocycles. The molecule has 0 saturated carbocycles. The molecule has 4 heterocycles. The highest BCUT2D eigenvalue weighted by Crippen LogP contribution is 2.41. The van der Waals surface area contributed by atoms with Crippen molar-refractivity contribution in [3.63, 3.8) is 0 Å². The first-order valence-electron chi connectivity index (χ1n) is 11.9. The van der Waals surface area contributed by atoms with Gasteiger partial charge < -0.3 is 30.3 Å². The van der Waals surface area contributed by atoms with E-state index in [4.69, 9.17) is 15.3 Å². The number of nitrogens with zero attached hydrogens (tertiary/aromatic N) is 6. The minimum absolute atomic E-state index is 0.0904. The van der Waals surface area contributed by atoms with Crippen LogP contribution >= 0.6 is 34.9 Å². The number of thioether (sulfide) groups is 2. The van der Waals surface area contributed by atoms with Crippen molar-refractivity contribution in [2.45, 2.75) is 16.6 Å². The Morgan fingerprint density at radius 1 is 1.27 bits per heavy atom. The summed E-state index contributed by atoms with van der Waals surface area (Å²) >= 11 is 3.81. The normalized spacial score (nSPS) is 18.6. The molecule has 2 atom stereocenters. The Morgan fingerprint density at radius 2 is 2.02 bits per heavy atom. The first-order chi connectivity index (χ1) is 19.7. The number of ether oxygens (including phenoxy) is 1. The van der Waals surface area contributed by atoms with Crippen molar-refractivity contribution in [3.05, 3.63) is 46.6 Å². The van der Waals surface area contributed by atoms with Crippen molar-refractivity contribution in [2.24, 2.45) is 12.2 Å². The molecular weight excluding hydrogens is 593 g/mol. The van der Waals surface area contributed by atoms with Crippen LogP contribution in [0.3, 0.4) is 0 Å². The first kappa shape index (κ1) is 28.4. The number of nitrogens with two attached hydrogens (primary N) is 1. The molecule has 214 valence electrons. The first-order valence-corrected chi connectivity index (χ1v) is 14.8. The van der Waals surface area contributed by atoms with Gasteiger partial charge in [-0.3, -0.25) is 14.5 Å². The molecule has 1 unspecified atom stereocenters. The Labute approximate surface area is 246 Å². The van der Waals surface area contributed by atoms with Gasteiger partial charge in [0.15, 0.2) is 21.8 Å². The van der Waals surface area contributed by atoms with Gasteiger partial charge in [0.1, 0.15) is 35.7 Å². The summed E-state index contributed by atoms with van der Waals surface area (Å²) in [5.74, 6) is -0.442. The van der Waals surface area contributed by atoms with Crippen molar-refractivity contribution in [2.75, 3.05) is 31.5 Å².